The molecule has 8 heteroatoms. The number of hydrogen-bond acceptors (Lipinski definition) is 5. The van der Waals surface area contributed by atoms with Gasteiger partial charge in [-0.25, -0.2) is 8.42 Å². The van der Waals surface area contributed by atoms with E-state index in [2.05, 4.69) is 0 Å². The minimum absolute atomic E-state index is 0.185. The maximum absolute atomic E-state index is 13.1. The smallest absolute Gasteiger partial charge is 0.306 e. The molecule has 0 saturated carbocycles. The molecule has 0 unspecified atom stereocenters. The molecule has 0 spiro atoms. The SMILES string of the molecule is CC[C@H](C)N(Cc1ccc(OS(C)(=O)=O)cc1)S(=O)(=O)c1ccc(C)cc1. The number of rotatable bonds is 8. The fourth-order valence-corrected chi connectivity index (χ4v) is 4.69. The van der Waals surface area contributed by atoms with Crippen LogP contribution in [0, 0.1) is 6.92 Å². The van der Waals surface area contributed by atoms with Gasteiger partial charge in [-0.3, -0.25) is 0 Å². The number of hydrogen-bond donors (Lipinski definition) is 0. The summed E-state index contributed by atoms with van der Waals surface area (Å²) in [5.41, 5.74) is 1.73. The summed E-state index contributed by atoms with van der Waals surface area (Å²) in [5, 5.41) is 0. The third-order valence-electron chi connectivity index (χ3n) is 4.22. The topological polar surface area (TPSA) is 80.8 Å². The van der Waals surface area contributed by atoms with Crippen LogP contribution >= 0.6 is 0 Å². The molecule has 0 aliphatic carbocycles. The van der Waals surface area contributed by atoms with E-state index >= 15 is 0 Å². The van der Waals surface area contributed by atoms with Crippen LogP contribution in [0.15, 0.2) is 53.4 Å². The zero-order chi connectivity index (χ0) is 20.2. The summed E-state index contributed by atoms with van der Waals surface area (Å²) in [7, 11) is -7.26. The van der Waals surface area contributed by atoms with E-state index in [0.29, 0.717) is 6.42 Å². The summed E-state index contributed by atoms with van der Waals surface area (Å²) in [6, 6.07) is 13.0. The van der Waals surface area contributed by atoms with Crippen molar-refractivity contribution in [2.45, 2.75) is 44.7 Å². The Balaban J connectivity index is 2.30. The highest BCUT2D eigenvalue weighted by Crippen LogP contribution is 2.24. The molecule has 6 nitrogen and oxygen atoms in total. The highest BCUT2D eigenvalue weighted by atomic mass is 32.2. The number of sulfonamides is 1. The Morgan fingerprint density at radius 1 is 0.963 bits per heavy atom. The van der Waals surface area contributed by atoms with E-state index in [4.69, 9.17) is 4.18 Å². The minimum Gasteiger partial charge on any atom is -0.383 e. The standard InChI is InChI=1S/C19H25NO5S2/c1-5-16(3)20(27(23,24)19-12-6-15(2)7-13-19)14-17-8-10-18(11-9-17)25-26(4,21)22/h6-13,16H,5,14H2,1-4H3/t16-/m0/s1. The van der Waals surface area contributed by atoms with E-state index in [1.807, 2.05) is 20.8 Å². The van der Waals surface area contributed by atoms with Crippen LogP contribution in [0.25, 0.3) is 0 Å². The van der Waals surface area contributed by atoms with E-state index < -0.39 is 20.1 Å². The van der Waals surface area contributed by atoms with Crippen molar-refractivity contribution in [3.8, 4) is 5.75 Å². The van der Waals surface area contributed by atoms with Crippen molar-refractivity contribution in [2.75, 3.05) is 6.26 Å². The van der Waals surface area contributed by atoms with E-state index in [1.54, 1.807) is 36.4 Å². The molecule has 0 radical (unpaired) electrons. The molecule has 0 heterocycles. The Morgan fingerprint density at radius 2 is 1.52 bits per heavy atom. The Kier molecular flexibility index (Phi) is 6.67. The molecule has 2 aromatic carbocycles. The molecule has 0 saturated heterocycles. The van der Waals surface area contributed by atoms with Crippen molar-refractivity contribution in [2.24, 2.45) is 0 Å². The van der Waals surface area contributed by atoms with Crippen LogP contribution in [-0.2, 0) is 26.7 Å². The first kappa shape index (κ1) is 21.4. The van der Waals surface area contributed by atoms with Crippen molar-refractivity contribution < 1.29 is 21.0 Å². The van der Waals surface area contributed by atoms with Gasteiger partial charge in [0.2, 0.25) is 10.0 Å². The monoisotopic (exact) mass is 411 g/mol. The zero-order valence-electron chi connectivity index (χ0n) is 15.9. The summed E-state index contributed by atoms with van der Waals surface area (Å²) in [6.45, 7) is 5.89. The minimum atomic E-state index is -3.66. The molecule has 0 aliphatic rings. The van der Waals surface area contributed by atoms with E-state index in [1.165, 1.54) is 16.4 Å². The molecule has 0 amide bonds. The fraction of sp³-hybridized carbons (Fsp3) is 0.368. The first-order valence-corrected chi connectivity index (χ1v) is 11.9. The molecule has 0 N–H and O–H groups in total. The van der Waals surface area contributed by atoms with Crippen molar-refractivity contribution in [3.63, 3.8) is 0 Å². The molecule has 148 valence electrons. The molecule has 0 aromatic heterocycles. The molecule has 0 fully saturated rings. The van der Waals surface area contributed by atoms with Gasteiger partial charge in [0.05, 0.1) is 11.2 Å². The Morgan fingerprint density at radius 3 is 2.00 bits per heavy atom. The van der Waals surface area contributed by atoms with Gasteiger partial charge in [-0.2, -0.15) is 12.7 Å². The quantitative estimate of drug-likeness (QED) is 0.623. The normalized spacial score (nSPS) is 13.5. The van der Waals surface area contributed by atoms with Crippen LogP contribution < -0.4 is 4.18 Å². The van der Waals surface area contributed by atoms with E-state index in [-0.39, 0.29) is 23.2 Å². The zero-order valence-corrected chi connectivity index (χ0v) is 17.5. The van der Waals surface area contributed by atoms with E-state index in [0.717, 1.165) is 17.4 Å². The number of aryl methyl sites for hydroxylation is 1. The Bertz CT molecular complexity index is 966. The fourth-order valence-electron chi connectivity index (χ4n) is 2.53. The van der Waals surface area contributed by atoms with Crippen molar-refractivity contribution in [3.05, 3.63) is 59.7 Å². The van der Waals surface area contributed by atoms with Crippen LogP contribution in [0.2, 0.25) is 0 Å². The summed E-state index contributed by atoms with van der Waals surface area (Å²) in [4.78, 5) is 0.255. The highest BCUT2D eigenvalue weighted by Gasteiger charge is 2.28. The summed E-state index contributed by atoms with van der Waals surface area (Å²) in [6.07, 6.45) is 1.64. The van der Waals surface area contributed by atoms with Gasteiger partial charge in [-0.15, -0.1) is 0 Å². The van der Waals surface area contributed by atoms with Gasteiger partial charge >= 0.3 is 10.1 Å². The molecule has 2 aromatic rings. The van der Waals surface area contributed by atoms with Crippen LogP contribution in [0.5, 0.6) is 5.75 Å². The molecule has 0 bridgehead atoms. The third kappa shape index (κ3) is 5.79. The number of nitrogens with zero attached hydrogens (tertiary/aromatic N) is 1. The van der Waals surface area contributed by atoms with Gasteiger partial charge in [0.25, 0.3) is 0 Å². The van der Waals surface area contributed by atoms with Crippen molar-refractivity contribution in [1.29, 1.82) is 0 Å². The molecule has 0 aliphatic heterocycles. The summed E-state index contributed by atoms with van der Waals surface area (Å²) in [5.74, 6) is 0.192. The largest absolute Gasteiger partial charge is 0.383 e. The maximum Gasteiger partial charge on any atom is 0.306 e. The second-order valence-electron chi connectivity index (χ2n) is 6.55. The Labute approximate surface area is 162 Å². The first-order chi connectivity index (χ1) is 12.5. The molecule has 1 atom stereocenters. The lowest BCUT2D eigenvalue weighted by Gasteiger charge is -2.28. The second kappa shape index (κ2) is 8.41. The summed E-state index contributed by atoms with van der Waals surface area (Å²) < 4.78 is 54.9. The van der Waals surface area contributed by atoms with Crippen molar-refractivity contribution >= 4 is 20.1 Å². The lowest BCUT2D eigenvalue weighted by Crippen LogP contribution is -2.37. The first-order valence-electron chi connectivity index (χ1n) is 8.60. The molecular weight excluding hydrogens is 386 g/mol. The van der Waals surface area contributed by atoms with Gasteiger partial charge < -0.3 is 4.18 Å². The Hall–Kier alpha value is -1.90. The van der Waals surface area contributed by atoms with Gasteiger partial charge in [-0.1, -0.05) is 36.8 Å². The van der Waals surface area contributed by atoms with Crippen LogP contribution in [0.1, 0.15) is 31.4 Å². The molecular formula is C19H25NO5S2. The second-order valence-corrected chi connectivity index (χ2v) is 10.0. The lowest BCUT2D eigenvalue weighted by molar-refractivity contribution is 0.323. The third-order valence-corrected chi connectivity index (χ3v) is 6.69. The van der Waals surface area contributed by atoms with Gasteiger partial charge in [0.15, 0.2) is 0 Å². The predicted molar refractivity (Wildman–Crippen MR) is 106 cm³/mol. The predicted octanol–water partition coefficient (Wildman–Crippen LogP) is 3.32. The van der Waals surface area contributed by atoms with Crippen molar-refractivity contribution in [1.82, 2.24) is 4.31 Å². The van der Waals surface area contributed by atoms with Gasteiger partial charge in [-0.05, 0) is 50.1 Å². The number of benzene rings is 2. The molecule has 27 heavy (non-hydrogen) atoms. The maximum atomic E-state index is 13.1. The average Bonchev–Trinajstić information content (AvgIpc) is 2.59. The average molecular weight is 412 g/mol. The summed E-state index contributed by atoms with van der Waals surface area (Å²) >= 11 is 0. The van der Waals surface area contributed by atoms with Crippen LogP contribution in [0.3, 0.4) is 0 Å². The lowest BCUT2D eigenvalue weighted by atomic mass is 10.2. The van der Waals surface area contributed by atoms with Gasteiger partial charge in [0.1, 0.15) is 5.75 Å². The molecule has 2 rings (SSSR count). The van der Waals surface area contributed by atoms with E-state index in [9.17, 15) is 16.8 Å². The van der Waals surface area contributed by atoms with Gasteiger partial charge in [0, 0.05) is 12.6 Å². The highest BCUT2D eigenvalue weighted by molar-refractivity contribution is 7.89. The van der Waals surface area contributed by atoms with Crippen LogP contribution in [-0.4, -0.2) is 33.4 Å². The van der Waals surface area contributed by atoms with Crippen LogP contribution in [0.4, 0.5) is 0 Å².